The van der Waals surface area contributed by atoms with Crippen LogP contribution in [0, 0.1) is 6.92 Å². The quantitative estimate of drug-likeness (QED) is 0.345. The van der Waals surface area contributed by atoms with Crippen LogP contribution < -0.4 is 61.0 Å². The molecule has 120 valence electrons. The minimum Gasteiger partial charge on any atom is -0.445 e. The Labute approximate surface area is 166 Å². The molecule has 0 aromatic heterocycles. The summed E-state index contributed by atoms with van der Waals surface area (Å²) in [5, 5.41) is 0. The molecule has 0 N–H and O–H groups in total. The molecular weight excluding hydrogens is 385 g/mol. The minimum absolute atomic E-state index is 0. The summed E-state index contributed by atoms with van der Waals surface area (Å²) in [5.41, 5.74) is -2.71. The Morgan fingerprint density at radius 1 is 1.09 bits per heavy atom. The fourth-order valence-corrected chi connectivity index (χ4v) is 2.60. The fraction of sp³-hybridized carbons (Fsp3) is 0.250. The molecule has 1 aromatic carbocycles. The molecule has 0 amide bonds. The van der Waals surface area contributed by atoms with Gasteiger partial charge in [-0.05, 0) is 24.6 Å². The second-order valence-corrected chi connectivity index (χ2v) is 6.35. The van der Waals surface area contributed by atoms with Crippen LogP contribution in [0.2, 0.25) is 0 Å². The van der Waals surface area contributed by atoms with Crippen molar-refractivity contribution in [2.45, 2.75) is 12.7 Å². The summed E-state index contributed by atoms with van der Waals surface area (Å²) >= 11 is 0. The predicted molar refractivity (Wildman–Crippen MR) is 64.3 cm³/mol. The van der Waals surface area contributed by atoms with Gasteiger partial charge >= 0.3 is 79.1 Å². The van der Waals surface area contributed by atoms with Gasteiger partial charge in [0.05, 0.1) is 0 Å². The molecule has 0 atom stereocenters. The SMILES string of the molecule is Cc1c(CS(=O)(=O)F)cc(OS(=O)(=O)F)cc1[B-](F)(F)F.[K+]. The van der Waals surface area contributed by atoms with Gasteiger partial charge in [-0.2, -0.15) is 16.8 Å². The summed E-state index contributed by atoms with van der Waals surface area (Å²) in [4.78, 5) is 0. The molecule has 0 fully saturated rings. The Bertz CT molecular complexity index is 762. The van der Waals surface area contributed by atoms with Gasteiger partial charge in [-0.15, -0.1) is 9.35 Å². The summed E-state index contributed by atoms with van der Waals surface area (Å²) in [6.45, 7) is -4.80. The summed E-state index contributed by atoms with van der Waals surface area (Å²) in [6.07, 6.45) is 0. The molecule has 0 aliphatic rings. The van der Waals surface area contributed by atoms with Crippen molar-refractivity contribution < 1.29 is 93.1 Å². The van der Waals surface area contributed by atoms with Crippen molar-refractivity contribution in [3.8, 4) is 5.75 Å². The molecule has 22 heavy (non-hydrogen) atoms. The number of benzene rings is 1. The molecular formula is C8H7BF5KO5S2. The molecule has 0 radical (unpaired) electrons. The summed E-state index contributed by atoms with van der Waals surface area (Å²) in [6, 6.07) is 0.704. The van der Waals surface area contributed by atoms with Crippen LogP contribution in [0.5, 0.6) is 5.75 Å². The van der Waals surface area contributed by atoms with Crippen molar-refractivity contribution in [2.75, 3.05) is 0 Å². The third kappa shape index (κ3) is 7.23. The van der Waals surface area contributed by atoms with Gasteiger partial charge in [0.2, 0.25) is 0 Å². The van der Waals surface area contributed by atoms with E-state index < -0.39 is 55.8 Å². The molecule has 14 heteroatoms. The van der Waals surface area contributed by atoms with Crippen LogP contribution in [-0.2, 0) is 26.5 Å². The monoisotopic (exact) mass is 392 g/mol. The smallest absolute Gasteiger partial charge is 0.445 e. The van der Waals surface area contributed by atoms with E-state index in [9.17, 15) is 37.6 Å². The number of hydrogen-bond donors (Lipinski definition) is 0. The third-order valence-electron chi connectivity index (χ3n) is 2.41. The largest absolute Gasteiger partial charge is 1.00 e. The number of hydrogen-bond acceptors (Lipinski definition) is 5. The maximum absolute atomic E-state index is 12.8. The Hall–Kier alpha value is 0.271. The maximum atomic E-state index is 12.8. The van der Waals surface area contributed by atoms with E-state index in [0.29, 0.717) is 6.07 Å². The molecule has 1 aromatic rings. The van der Waals surface area contributed by atoms with E-state index >= 15 is 0 Å². The van der Waals surface area contributed by atoms with Crippen LogP contribution in [-0.4, -0.2) is 23.8 Å². The van der Waals surface area contributed by atoms with Crippen LogP contribution >= 0.6 is 0 Å². The first-order valence-corrected chi connectivity index (χ1v) is 7.95. The molecule has 0 saturated heterocycles. The van der Waals surface area contributed by atoms with Gasteiger partial charge in [0.1, 0.15) is 11.5 Å². The first kappa shape index (κ1) is 22.3. The van der Waals surface area contributed by atoms with Crippen LogP contribution in [0.15, 0.2) is 12.1 Å². The zero-order valence-electron chi connectivity index (χ0n) is 11.2. The first-order chi connectivity index (χ1) is 9.19. The molecule has 1 rings (SSSR count). The zero-order chi connectivity index (χ0) is 16.6. The van der Waals surface area contributed by atoms with E-state index in [0.717, 1.165) is 6.92 Å². The van der Waals surface area contributed by atoms with Crippen molar-refractivity contribution in [3.05, 3.63) is 23.3 Å². The van der Waals surface area contributed by atoms with Crippen LogP contribution in [0.4, 0.5) is 20.7 Å². The third-order valence-corrected chi connectivity index (χ3v) is 3.45. The molecule has 0 aliphatic heterocycles. The van der Waals surface area contributed by atoms with Gasteiger partial charge in [-0.3, -0.25) is 0 Å². The molecule has 0 bridgehead atoms. The van der Waals surface area contributed by atoms with Crippen molar-refractivity contribution in [1.29, 1.82) is 0 Å². The van der Waals surface area contributed by atoms with Gasteiger partial charge in [0, 0.05) is 0 Å². The Morgan fingerprint density at radius 2 is 1.59 bits per heavy atom. The molecule has 0 saturated carbocycles. The topological polar surface area (TPSA) is 77.5 Å². The first-order valence-electron chi connectivity index (χ1n) is 5.09. The fourth-order valence-electron chi connectivity index (χ4n) is 1.61. The average Bonchev–Trinajstić information content (AvgIpc) is 2.16. The van der Waals surface area contributed by atoms with E-state index in [1.54, 1.807) is 0 Å². The van der Waals surface area contributed by atoms with Crippen molar-refractivity contribution in [3.63, 3.8) is 0 Å². The molecule has 0 aliphatic carbocycles. The van der Waals surface area contributed by atoms with Gasteiger partial charge in [0.15, 0.2) is 0 Å². The van der Waals surface area contributed by atoms with E-state index in [-0.39, 0.29) is 57.5 Å². The molecule has 0 heterocycles. The van der Waals surface area contributed by atoms with Gasteiger partial charge in [0.25, 0.3) is 0 Å². The van der Waals surface area contributed by atoms with Crippen LogP contribution in [0.25, 0.3) is 0 Å². The molecule has 0 unspecified atom stereocenters. The van der Waals surface area contributed by atoms with Crippen molar-refractivity contribution in [2.24, 2.45) is 0 Å². The van der Waals surface area contributed by atoms with Gasteiger partial charge in [-0.1, -0.05) is 9.45 Å². The van der Waals surface area contributed by atoms with E-state index in [1.165, 1.54) is 0 Å². The Balaban J connectivity index is 0.00000441. The number of halogens is 5. The van der Waals surface area contributed by atoms with Gasteiger partial charge < -0.3 is 17.1 Å². The zero-order valence-corrected chi connectivity index (χ0v) is 15.9. The van der Waals surface area contributed by atoms with E-state index in [1.807, 2.05) is 0 Å². The van der Waals surface area contributed by atoms with Gasteiger partial charge in [-0.25, -0.2) is 0 Å². The predicted octanol–water partition coefficient (Wildman–Crippen LogP) is -1.55. The Morgan fingerprint density at radius 3 is 1.95 bits per heavy atom. The van der Waals surface area contributed by atoms with Crippen LogP contribution in [0.1, 0.15) is 11.1 Å². The van der Waals surface area contributed by atoms with Crippen molar-refractivity contribution in [1.82, 2.24) is 0 Å². The second-order valence-electron chi connectivity index (χ2n) is 4.03. The summed E-state index contributed by atoms with van der Waals surface area (Å²) in [5.74, 6) is -2.53. The summed E-state index contributed by atoms with van der Waals surface area (Å²) < 4.78 is 109. The second kappa shape index (κ2) is 7.44. The normalized spacial score (nSPS) is 12.6. The van der Waals surface area contributed by atoms with Crippen LogP contribution in [0.3, 0.4) is 0 Å². The number of rotatable bonds is 5. The molecule has 5 nitrogen and oxygen atoms in total. The van der Waals surface area contributed by atoms with E-state index in [4.69, 9.17) is 0 Å². The van der Waals surface area contributed by atoms with Crippen molar-refractivity contribution >= 4 is 33.2 Å². The maximum Gasteiger partial charge on any atom is 1.00 e. The Kier molecular flexibility index (Phi) is 7.53. The molecule has 0 spiro atoms. The standard InChI is InChI=1S/C8H7BF5O5S2.K/c1-5-6(4-20(13,15)16)2-7(19-21(14,17)18)3-8(5)9(10,11)12;/h2-3H,4H2,1H3;/q-1;+1. The average molecular weight is 392 g/mol. The van der Waals surface area contributed by atoms with E-state index in [2.05, 4.69) is 4.18 Å². The summed E-state index contributed by atoms with van der Waals surface area (Å²) in [7, 11) is -10.8. The minimum atomic E-state index is -5.68.